The number of aryl methyl sites for hydroxylation is 3. The van der Waals surface area contributed by atoms with Crippen molar-refractivity contribution in [1.29, 1.82) is 0 Å². The maximum absolute atomic E-state index is 13.2. The summed E-state index contributed by atoms with van der Waals surface area (Å²) in [5.74, 6) is 0.0933. The molecule has 28 heavy (non-hydrogen) atoms. The van der Waals surface area contributed by atoms with Crippen LogP contribution in [0.25, 0.3) is 0 Å². The van der Waals surface area contributed by atoms with Crippen LogP contribution in [0.4, 0.5) is 11.4 Å². The topological polar surface area (TPSA) is 66.5 Å². The maximum atomic E-state index is 13.2. The van der Waals surface area contributed by atoms with Crippen LogP contribution in [0.2, 0.25) is 0 Å². The molecule has 0 aliphatic carbocycles. The lowest BCUT2D eigenvalue weighted by Crippen LogP contribution is -2.34. The first-order valence-electron chi connectivity index (χ1n) is 9.69. The van der Waals surface area contributed by atoms with Gasteiger partial charge in [-0.1, -0.05) is 13.0 Å². The number of sulfonamides is 1. The molecule has 0 unspecified atom stereocenters. The number of nitrogens with one attached hydrogen (secondary N) is 1. The molecule has 1 N–H and O–H groups in total. The normalized spacial score (nSPS) is 14.0. The van der Waals surface area contributed by atoms with E-state index in [0.717, 1.165) is 46.3 Å². The van der Waals surface area contributed by atoms with Crippen LogP contribution >= 0.6 is 0 Å². The second-order valence-corrected chi connectivity index (χ2v) is 9.16. The highest BCUT2D eigenvalue weighted by molar-refractivity contribution is 7.92. The zero-order chi connectivity index (χ0) is 20.6. The molecule has 0 saturated heterocycles. The predicted octanol–water partition coefficient (Wildman–Crippen LogP) is 4.41. The first-order chi connectivity index (χ1) is 13.2. The minimum absolute atomic E-state index is 0.0933. The van der Waals surface area contributed by atoms with E-state index in [-0.39, 0.29) is 5.91 Å². The molecule has 3 rings (SSSR count). The van der Waals surface area contributed by atoms with Crippen molar-refractivity contribution in [2.75, 3.05) is 16.2 Å². The fourth-order valence-electron chi connectivity index (χ4n) is 3.90. The van der Waals surface area contributed by atoms with Crippen molar-refractivity contribution in [2.24, 2.45) is 0 Å². The summed E-state index contributed by atoms with van der Waals surface area (Å²) in [4.78, 5) is 14.3. The zero-order valence-electron chi connectivity index (χ0n) is 17.2. The molecule has 0 radical (unpaired) electrons. The van der Waals surface area contributed by atoms with E-state index in [1.165, 1.54) is 0 Å². The van der Waals surface area contributed by atoms with Crippen LogP contribution < -0.4 is 9.62 Å². The monoisotopic (exact) mass is 400 g/mol. The van der Waals surface area contributed by atoms with Crippen molar-refractivity contribution in [1.82, 2.24) is 0 Å². The Hall–Kier alpha value is -2.34. The number of anilines is 2. The molecule has 5 nitrogen and oxygen atoms in total. The Kier molecular flexibility index (Phi) is 5.53. The third-order valence-electron chi connectivity index (χ3n) is 5.62. The molecule has 150 valence electrons. The molecule has 1 heterocycles. The summed E-state index contributed by atoms with van der Waals surface area (Å²) in [6.45, 7) is 10.1. The molecule has 2 aromatic carbocycles. The summed E-state index contributed by atoms with van der Waals surface area (Å²) in [6.07, 6.45) is 2.17. The maximum Gasteiger partial charge on any atom is 0.262 e. The molecule has 1 aliphatic heterocycles. The SMILES string of the molecule is CCC(=O)N1CCCc2cc(NS(=O)(=O)c3c(C)c(C)cc(C)c3C)ccc21. The van der Waals surface area contributed by atoms with Crippen molar-refractivity contribution < 1.29 is 13.2 Å². The lowest BCUT2D eigenvalue weighted by molar-refractivity contribution is -0.118. The van der Waals surface area contributed by atoms with Crippen LogP contribution in [0.5, 0.6) is 0 Å². The van der Waals surface area contributed by atoms with Crippen molar-refractivity contribution in [3.63, 3.8) is 0 Å². The molecule has 0 aromatic heterocycles. The molecule has 0 bridgehead atoms. The van der Waals surface area contributed by atoms with Crippen LogP contribution in [0.3, 0.4) is 0 Å². The van der Waals surface area contributed by atoms with Gasteiger partial charge >= 0.3 is 0 Å². The summed E-state index contributed by atoms with van der Waals surface area (Å²) in [5, 5.41) is 0. The molecule has 1 aliphatic rings. The average Bonchev–Trinajstić information content (AvgIpc) is 2.64. The second kappa shape index (κ2) is 7.59. The lowest BCUT2D eigenvalue weighted by atomic mass is 10.0. The van der Waals surface area contributed by atoms with Gasteiger partial charge in [0.05, 0.1) is 4.90 Å². The quantitative estimate of drug-likeness (QED) is 0.827. The van der Waals surface area contributed by atoms with Gasteiger partial charge in [-0.15, -0.1) is 0 Å². The Morgan fingerprint density at radius 1 is 1.07 bits per heavy atom. The number of nitrogens with zero attached hydrogens (tertiary/aromatic N) is 1. The number of carbonyl (C=O) groups is 1. The standard InChI is InChI=1S/C22H28N2O3S/c1-6-21(25)24-11-7-8-18-13-19(9-10-20(18)24)23-28(26,27)22-16(4)14(2)12-15(3)17(22)5/h9-10,12-13,23H,6-8,11H2,1-5H3. The fraction of sp³-hybridized carbons (Fsp3) is 0.409. The number of hydrogen-bond acceptors (Lipinski definition) is 3. The summed E-state index contributed by atoms with van der Waals surface area (Å²) in [6, 6.07) is 7.46. The van der Waals surface area contributed by atoms with Gasteiger partial charge in [0.1, 0.15) is 0 Å². The molecule has 0 atom stereocenters. The van der Waals surface area contributed by atoms with Gasteiger partial charge in [0.2, 0.25) is 5.91 Å². The Bertz CT molecular complexity index is 1020. The van der Waals surface area contributed by atoms with Crippen LogP contribution in [0, 0.1) is 27.7 Å². The van der Waals surface area contributed by atoms with Gasteiger partial charge in [0.15, 0.2) is 0 Å². The van der Waals surface area contributed by atoms with Gasteiger partial charge in [-0.2, -0.15) is 0 Å². The molecule has 1 amide bonds. The van der Waals surface area contributed by atoms with Gasteiger partial charge in [0.25, 0.3) is 10.0 Å². The molecule has 2 aromatic rings. The number of carbonyl (C=O) groups excluding carboxylic acids is 1. The van der Waals surface area contributed by atoms with Gasteiger partial charge in [-0.05, 0) is 86.6 Å². The second-order valence-electron chi connectivity index (χ2n) is 7.54. The Balaban J connectivity index is 1.98. The number of fused-ring (bicyclic) bond motifs is 1. The minimum atomic E-state index is -3.71. The van der Waals surface area contributed by atoms with E-state index in [9.17, 15) is 13.2 Å². The van der Waals surface area contributed by atoms with Gasteiger partial charge in [-0.25, -0.2) is 8.42 Å². The third kappa shape index (κ3) is 3.65. The number of hydrogen-bond donors (Lipinski definition) is 1. The van der Waals surface area contributed by atoms with Crippen LogP contribution in [0.1, 0.15) is 47.6 Å². The van der Waals surface area contributed by atoms with Crippen molar-refractivity contribution in [2.45, 2.75) is 58.8 Å². The number of amides is 1. The lowest BCUT2D eigenvalue weighted by Gasteiger charge is -2.29. The van der Waals surface area contributed by atoms with Gasteiger partial charge < -0.3 is 4.90 Å². The highest BCUT2D eigenvalue weighted by Gasteiger charge is 2.25. The van der Waals surface area contributed by atoms with Crippen LogP contribution in [-0.4, -0.2) is 20.9 Å². The van der Waals surface area contributed by atoms with E-state index in [1.54, 1.807) is 11.0 Å². The summed E-state index contributed by atoms with van der Waals surface area (Å²) in [5.41, 5.74) is 5.89. The molecule has 0 saturated carbocycles. The summed E-state index contributed by atoms with van der Waals surface area (Å²) in [7, 11) is -3.71. The molecular weight excluding hydrogens is 372 g/mol. The van der Waals surface area contributed by atoms with E-state index in [4.69, 9.17) is 0 Å². The highest BCUT2D eigenvalue weighted by atomic mass is 32.2. The van der Waals surface area contributed by atoms with Crippen molar-refractivity contribution in [3.8, 4) is 0 Å². The van der Waals surface area contributed by atoms with E-state index >= 15 is 0 Å². The van der Waals surface area contributed by atoms with E-state index < -0.39 is 10.0 Å². The Labute approximate surface area is 167 Å². The van der Waals surface area contributed by atoms with Gasteiger partial charge in [0, 0.05) is 24.3 Å². The summed E-state index contributed by atoms with van der Waals surface area (Å²) < 4.78 is 29.1. The minimum Gasteiger partial charge on any atom is -0.312 e. The number of benzene rings is 2. The largest absolute Gasteiger partial charge is 0.312 e. The third-order valence-corrected chi connectivity index (χ3v) is 7.27. The van der Waals surface area contributed by atoms with Crippen molar-refractivity contribution in [3.05, 3.63) is 52.1 Å². The summed E-state index contributed by atoms with van der Waals surface area (Å²) >= 11 is 0. The van der Waals surface area contributed by atoms with Crippen molar-refractivity contribution >= 4 is 27.3 Å². The average molecular weight is 401 g/mol. The molecular formula is C22H28N2O3S. The van der Waals surface area contributed by atoms with Crippen LogP contribution in [0.15, 0.2) is 29.2 Å². The molecule has 0 spiro atoms. The van der Waals surface area contributed by atoms with E-state index in [2.05, 4.69) is 4.72 Å². The van der Waals surface area contributed by atoms with E-state index in [1.807, 2.05) is 52.8 Å². The fourth-order valence-corrected chi connectivity index (χ4v) is 5.57. The Morgan fingerprint density at radius 3 is 2.32 bits per heavy atom. The number of rotatable bonds is 4. The zero-order valence-corrected chi connectivity index (χ0v) is 18.0. The first-order valence-corrected chi connectivity index (χ1v) is 11.2. The Morgan fingerprint density at radius 2 is 1.71 bits per heavy atom. The molecule has 0 fully saturated rings. The first kappa shape index (κ1) is 20.4. The van der Waals surface area contributed by atoms with E-state index in [0.29, 0.717) is 23.5 Å². The molecule has 6 heteroatoms. The predicted molar refractivity (Wildman–Crippen MR) is 114 cm³/mol. The highest BCUT2D eigenvalue weighted by Crippen LogP contribution is 2.32. The van der Waals surface area contributed by atoms with Crippen LogP contribution in [-0.2, 0) is 21.2 Å². The van der Waals surface area contributed by atoms with Gasteiger partial charge in [-0.3, -0.25) is 9.52 Å². The smallest absolute Gasteiger partial charge is 0.262 e.